The van der Waals surface area contributed by atoms with Gasteiger partial charge in [0.05, 0.1) is 6.07 Å². The first-order valence-electron chi connectivity index (χ1n) is 12.9. The number of fused-ring (bicyclic) bond motifs is 4. The molecule has 198 valence electrons. The van der Waals surface area contributed by atoms with Crippen LogP contribution in [0, 0.1) is 28.6 Å². The van der Waals surface area contributed by atoms with Gasteiger partial charge >= 0.3 is 12.1 Å². The Hall–Kier alpha value is -2.53. The molecule has 8 heteroatoms. The van der Waals surface area contributed by atoms with Gasteiger partial charge in [0.1, 0.15) is 5.60 Å². The van der Waals surface area contributed by atoms with Gasteiger partial charge in [-0.1, -0.05) is 36.8 Å². The SMILES string of the molecule is CC12C[C@H](c3ccc(CCC#N)cc3)C3=C4CCC(=O)C=C4CCC3C1CC[C@@]2(O)C(F)(F)C(F)(F)F. The lowest BCUT2D eigenvalue weighted by Crippen LogP contribution is -2.65. The molecule has 3 unspecified atom stereocenters. The van der Waals surface area contributed by atoms with Crippen molar-refractivity contribution in [2.45, 2.75) is 88.3 Å². The fourth-order valence-electron chi connectivity index (χ4n) is 7.83. The Labute approximate surface area is 213 Å². The van der Waals surface area contributed by atoms with Crippen LogP contribution in [0.1, 0.15) is 75.3 Å². The summed E-state index contributed by atoms with van der Waals surface area (Å²) in [7, 11) is 0. The first kappa shape index (κ1) is 26.1. The highest BCUT2D eigenvalue weighted by molar-refractivity contribution is 5.93. The molecular formula is C29H30F5NO2. The summed E-state index contributed by atoms with van der Waals surface area (Å²) in [6.07, 6.45) is -1.80. The molecular weight excluding hydrogens is 489 g/mol. The van der Waals surface area contributed by atoms with Crippen LogP contribution in [0.15, 0.2) is 47.1 Å². The minimum absolute atomic E-state index is 0.0338. The molecule has 1 N–H and O–H groups in total. The summed E-state index contributed by atoms with van der Waals surface area (Å²) in [5, 5.41) is 20.2. The molecule has 0 aromatic heterocycles. The highest BCUT2D eigenvalue weighted by Crippen LogP contribution is 2.70. The maximum Gasteiger partial charge on any atom is 0.456 e. The molecule has 2 fully saturated rings. The Morgan fingerprint density at radius 2 is 1.78 bits per heavy atom. The number of ketones is 1. The van der Waals surface area contributed by atoms with Gasteiger partial charge in [0, 0.05) is 24.2 Å². The fourth-order valence-corrected chi connectivity index (χ4v) is 7.83. The summed E-state index contributed by atoms with van der Waals surface area (Å²) in [5.74, 6) is -6.38. The van der Waals surface area contributed by atoms with E-state index in [2.05, 4.69) is 6.07 Å². The minimum atomic E-state index is -5.86. The third-order valence-electron chi connectivity index (χ3n) is 9.67. The Morgan fingerprint density at radius 1 is 1.08 bits per heavy atom. The van der Waals surface area contributed by atoms with Gasteiger partial charge in [-0.05, 0) is 85.1 Å². The molecule has 0 saturated heterocycles. The lowest BCUT2D eigenvalue weighted by Gasteiger charge is -2.56. The van der Waals surface area contributed by atoms with E-state index in [4.69, 9.17) is 5.26 Å². The summed E-state index contributed by atoms with van der Waals surface area (Å²) in [5.41, 5.74) is -0.0651. The lowest BCUT2D eigenvalue weighted by molar-refractivity contribution is -0.362. The second-order valence-corrected chi connectivity index (χ2v) is 11.4. The molecule has 0 amide bonds. The van der Waals surface area contributed by atoms with E-state index in [0.29, 0.717) is 38.5 Å². The first-order valence-corrected chi connectivity index (χ1v) is 12.9. The minimum Gasteiger partial charge on any atom is -0.383 e. The molecule has 1 aromatic rings. The molecule has 4 aliphatic rings. The van der Waals surface area contributed by atoms with Crippen LogP contribution in [0.2, 0.25) is 0 Å². The molecule has 5 rings (SSSR count). The van der Waals surface area contributed by atoms with Gasteiger partial charge in [-0.15, -0.1) is 0 Å². The van der Waals surface area contributed by atoms with Crippen molar-refractivity contribution in [3.05, 3.63) is 58.2 Å². The Kier molecular flexibility index (Phi) is 6.18. The Morgan fingerprint density at radius 3 is 2.43 bits per heavy atom. The zero-order chi connectivity index (χ0) is 26.8. The second kappa shape index (κ2) is 8.76. The number of aryl methyl sites for hydroxylation is 1. The molecule has 0 spiro atoms. The third-order valence-corrected chi connectivity index (χ3v) is 9.67. The number of hydrogen-bond acceptors (Lipinski definition) is 3. The molecule has 0 aliphatic heterocycles. The topological polar surface area (TPSA) is 61.1 Å². The van der Waals surface area contributed by atoms with Crippen molar-refractivity contribution in [3.8, 4) is 6.07 Å². The van der Waals surface area contributed by atoms with Crippen LogP contribution >= 0.6 is 0 Å². The number of benzene rings is 1. The predicted octanol–water partition coefficient (Wildman–Crippen LogP) is 6.97. The number of carbonyl (C=O) groups is 1. The standard InChI is InChI=1S/C29H30F5NO2/c1-26-16-23(18-6-4-17(5-7-18)3-2-14-35)25-21-11-9-20(36)15-19(21)8-10-22(25)24(26)12-13-27(26,37)28(30,31)29(32,33)34/h4-7,15,22-24,37H,2-3,8-13,16H2,1H3/t22?,23-,24?,26?,27+/m1/s1. The van der Waals surface area contributed by atoms with E-state index >= 15 is 8.78 Å². The summed E-state index contributed by atoms with van der Waals surface area (Å²) in [4.78, 5) is 12.1. The molecule has 2 saturated carbocycles. The van der Waals surface area contributed by atoms with Crippen LogP contribution in [-0.2, 0) is 11.2 Å². The average molecular weight is 520 g/mol. The van der Waals surface area contributed by atoms with E-state index in [1.54, 1.807) is 6.08 Å². The molecule has 4 aliphatic carbocycles. The molecule has 1 aromatic carbocycles. The monoisotopic (exact) mass is 519 g/mol. The Bertz CT molecular complexity index is 1210. The normalized spacial score (nSPS) is 33.8. The van der Waals surface area contributed by atoms with Gasteiger partial charge in [0.15, 0.2) is 5.78 Å². The molecule has 0 radical (unpaired) electrons. The maximum absolute atomic E-state index is 15.0. The molecule has 0 heterocycles. The highest BCUT2D eigenvalue weighted by Gasteiger charge is 2.79. The van der Waals surface area contributed by atoms with Crippen LogP contribution in [0.4, 0.5) is 22.0 Å². The summed E-state index contributed by atoms with van der Waals surface area (Å²) < 4.78 is 70.9. The van der Waals surface area contributed by atoms with Gasteiger partial charge in [0.2, 0.25) is 0 Å². The summed E-state index contributed by atoms with van der Waals surface area (Å²) >= 11 is 0. The highest BCUT2D eigenvalue weighted by atomic mass is 19.4. The Balaban J connectivity index is 1.65. The number of alkyl halides is 5. The van der Waals surface area contributed by atoms with E-state index in [0.717, 1.165) is 27.8 Å². The number of aliphatic hydroxyl groups is 1. The van der Waals surface area contributed by atoms with Crippen molar-refractivity contribution < 1.29 is 31.9 Å². The van der Waals surface area contributed by atoms with Gasteiger partial charge in [-0.25, -0.2) is 0 Å². The largest absolute Gasteiger partial charge is 0.456 e. The number of carbonyl (C=O) groups excluding carboxylic acids is 1. The first-order chi connectivity index (χ1) is 17.3. The summed E-state index contributed by atoms with van der Waals surface area (Å²) in [6, 6.07) is 9.58. The average Bonchev–Trinajstić information content (AvgIpc) is 3.13. The zero-order valence-electron chi connectivity index (χ0n) is 20.7. The van der Waals surface area contributed by atoms with Crippen molar-refractivity contribution in [2.24, 2.45) is 17.3 Å². The van der Waals surface area contributed by atoms with Crippen molar-refractivity contribution in [1.29, 1.82) is 5.26 Å². The second-order valence-electron chi connectivity index (χ2n) is 11.4. The lowest BCUT2D eigenvalue weighted by atomic mass is 9.50. The summed E-state index contributed by atoms with van der Waals surface area (Å²) in [6.45, 7) is 1.43. The van der Waals surface area contributed by atoms with E-state index in [1.807, 2.05) is 24.3 Å². The van der Waals surface area contributed by atoms with Crippen molar-refractivity contribution in [1.82, 2.24) is 0 Å². The van der Waals surface area contributed by atoms with Gasteiger partial charge < -0.3 is 5.11 Å². The van der Waals surface area contributed by atoms with E-state index < -0.39 is 41.4 Å². The predicted molar refractivity (Wildman–Crippen MR) is 127 cm³/mol. The van der Waals surface area contributed by atoms with Crippen LogP contribution in [0.3, 0.4) is 0 Å². The smallest absolute Gasteiger partial charge is 0.383 e. The van der Waals surface area contributed by atoms with E-state index in [-0.39, 0.29) is 24.5 Å². The zero-order valence-corrected chi connectivity index (χ0v) is 20.7. The van der Waals surface area contributed by atoms with Crippen molar-refractivity contribution in [3.63, 3.8) is 0 Å². The number of rotatable bonds is 4. The van der Waals surface area contributed by atoms with Crippen molar-refractivity contribution in [2.75, 3.05) is 0 Å². The number of nitrogens with zero attached hydrogens (tertiary/aromatic N) is 1. The van der Waals surface area contributed by atoms with E-state index in [9.17, 15) is 23.1 Å². The van der Waals surface area contributed by atoms with Crippen LogP contribution in [0.5, 0.6) is 0 Å². The number of hydrogen-bond donors (Lipinski definition) is 1. The molecule has 3 nitrogen and oxygen atoms in total. The fraction of sp³-hybridized carbons (Fsp3) is 0.586. The van der Waals surface area contributed by atoms with Crippen molar-refractivity contribution >= 4 is 5.78 Å². The molecule has 5 atom stereocenters. The van der Waals surface area contributed by atoms with Gasteiger partial charge in [0.25, 0.3) is 0 Å². The number of nitriles is 1. The van der Waals surface area contributed by atoms with Gasteiger partial charge in [-0.2, -0.15) is 27.2 Å². The van der Waals surface area contributed by atoms with Gasteiger partial charge in [-0.3, -0.25) is 4.79 Å². The molecule has 37 heavy (non-hydrogen) atoms. The maximum atomic E-state index is 15.0. The van der Waals surface area contributed by atoms with Crippen LogP contribution < -0.4 is 0 Å². The third kappa shape index (κ3) is 3.79. The van der Waals surface area contributed by atoms with Crippen LogP contribution in [0.25, 0.3) is 0 Å². The van der Waals surface area contributed by atoms with E-state index in [1.165, 1.54) is 6.92 Å². The number of halogens is 5. The number of allylic oxidation sites excluding steroid dienone is 4. The quantitative estimate of drug-likeness (QED) is 0.437. The molecule has 0 bridgehead atoms. The van der Waals surface area contributed by atoms with Crippen LogP contribution in [-0.4, -0.2) is 28.6 Å².